The first-order valence-corrected chi connectivity index (χ1v) is 6.10. The molecule has 0 aromatic carbocycles. The SMILES string of the molecule is Cc1csc(CSC[C@H](N)C(=O)O)n1. The normalized spacial score (nSPS) is 12.7. The van der Waals surface area contributed by atoms with Crippen LogP contribution in [0.1, 0.15) is 10.7 Å². The fourth-order valence-electron chi connectivity index (χ4n) is 0.813. The van der Waals surface area contributed by atoms with E-state index in [1.165, 1.54) is 11.8 Å². The van der Waals surface area contributed by atoms with Crippen molar-refractivity contribution in [2.45, 2.75) is 18.7 Å². The third-order valence-corrected chi connectivity index (χ3v) is 3.73. The zero-order chi connectivity index (χ0) is 10.6. The third-order valence-electron chi connectivity index (χ3n) is 1.51. The Hall–Kier alpha value is -0.590. The second-order valence-corrected chi connectivity index (χ2v) is 4.82. The molecule has 1 aromatic heterocycles. The number of carboxylic acid groups (broad SMARTS) is 1. The molecule has 4 nitrogen and oxygen atoms in total. The molecule has 0 amide bonds. The number of nitrogens with zero attached hydrogens (tertiary/aromatic N) is 1. The lowest BCUT2D eigenvalue weighted by atomic mass is 10.4. The first-order chi connectivity index (χ1) is 6.59. The molecule has 0 saturated carbocycles. The van der Waals surface area contributed by atoms with E-state index in [0.717, 1.165) is 16.5 Å². The number of aromatic nitrogens is 1. The molecule has 0 spiro atoms. The van der Waals surface area contributed by atoms with Crippen LogP contribution in [0.2, 0.25) is 0 Å². The lowest BCUT2D eigenvalue weighted by Crippen LogP contribution is -2.32. The van der Waals surface area contributed by atoms with Gasteiger partial charge in [0.1, 0.15) is 11.0 Å². The lowest BCUT2D eigenvalue weighted by molar-refractivity contribution is -0.137. The van der Waals surface area contributed by atoms with Crippen molar-refractivity contribution in [2.75, 3.05) is 5.75 Å². The molecule has 78 valence electrons. The molecular weight excluding hydrogens is 220 g/mol. The average molecular weight is 232 g/mol. The van der Waals surface area contributed by atoms with Gasteiger partial charge in [0.25, 0.3) is 0 Å². The fraction of sp³-hybridized carbons (Fsp3) is 0.500. The summed E-state index contributed by atoms with van der Waals surface area (Å²) in [6, 6.07) is -0.777. The molecule has 1 rings (SSSR count). The van der Waals surface area contributed by atoms with Gasteiger partial charge in [0.05, 0.1) is 0 Å². The predicted molar refractivity (Wildman–Crippen MR) is 58.6 cm³/mol. The summed E-state index contributed by atoms with van der Waals surface area (Å²) in [6.07, 6.45) is 0. The lowest BCUT2D eigenvalue weighted by Gasteiger charge is -2.03. The van der Waals surface area contributed by atoms with E-state index >= 15 is 0 Å². The summed E-state index contributed by atoms with van der Waals surface area (Å²) in [5.74, 6) is 0.209. The molecule has 14 heavy (non-hydrogen) atoms. The van der Waals surface area contributed by atoms with Gasteiger partial charge in [-0.25, -0.2) is 4.98 Å². The van der Waals surface area contributed by atoms with Crippen LogP contribution in [0, 0.1) is 6.92 Å². The molecule has 1 aromatic rings. The Morgan fingerprint density at radius 1 is 1.86 bits per heavy atom. The Kier molecular flexibility index (Phi) is 4.37. The summed E-state index contributed by atoms with van der Waals surface area (Å²) in [7, 11) is 0. The highest BCUT2D eigenvalue weighted by molar-refractivity contribution is 7.98. The molecule has 0 fully saturated rings. The van der Waals surface area contributed by atoms with E-state index in [1.54, 1.807) is 11.3 Å². The topological polar surface area (TPSA) is 76.2 Å². The van der Waals surface area contributed by atoms with Gasteiger partial charge in [-0.15, -0.1) is 11.3 Å². The van der Waals surface area contributed by atoms with Crippen molar-refractivity contribution < 1.29 is 9.90 Å². The maximum absolute atomic E-state index is 10.4. The minimum Gasteiger partial charge on any atom is -0.480 e. The van der Waals surface area contributed by atoms with Crippen molar-refractivity contribution in [3.63, 3.8) is 0 Å². The van der Waals surface area contributed by atoms with E-state index in [4.69, 9.17) is 10.8 Å². The maximum atomic E-state index is 10.4. The van der Waals surface area contributed by atoms with Crippen LogP contribution in [0.5, 0.6) is 0 Å². The number of rotatable bonds is 5. The first kappa shape index (κ1) is 11.5. The molecule has 0 aliphatic carbocycles. The van der Waals surface area contributed by atoms with Gasteiger partial charge in [0.2, 0.25) is 0 Å². The Morgan fingerprint density at radius 3 is 3.07 bits per heavy atom. The van der Waals surface area contributed by atoms with Crippen molar-refractivity contribution >= 4 is 29.1 Å². The molecule has 6 heteroatoms. The van der Waals surface area contributed by atoms with Gasteiger partial charge in [-0.3, -0.25) is 4.79 Å². The Morgan fingerprint density at radius 2 is 2.57 bits per heavy atom. The summed E-state index contributed by atoms with van der Waals surface area (Å²) in [6.45, 7) is 1.94. The minimum atomic E-state index is -0.951. The maximum Gasteiger partial charge on any atom is 0.321 e. The van der Waals surface area contributed by atoms with Crippen LogP contribution < -0.4 is 5.73 Å². The second kappa shape index (κ2) is 5.33. The van der Waals surface area contributed by atoms with Crippen molar-refractivity contribution in [3.8, 4) is 0 Å². The largest absolute Gasteiger partial charge is 0.480 e. The number of nitrogens with two attached hydrogens (primary N) is 1. The molecule has 0 bridgehead atoms. The second-order valence-electron chi connectivity index (χ2n) is 2.84. The third kappa shape index (κ3) is 3.65. The van der Waals surface area contributed by atoms with Gasteiger partial charge >= 0.3 is 5.97 Å². The molecule has 0 unspecified atom stereocenters. The van der Waals surface area contributed by atoms with Crippen LogP contribution in [0.3, 0.4) is 0 Å². The van der Waals surface area contributed by atoms with E-state index < -0.39 is 12.0 Å². The van der Waals surface area contributed by atoms with Gasteiger partial charge in [0, 0.05) is 22.6 Å². The smallest absolute Gasteiger partial charge is 0.321 e. The summed E-state index contributed by atoms with van der Waals surface area (Å²) < 4.78 is 0. The number of aliphatic carboxylic acids is 1. The zero-order valence-electron chi connectivity index (χ0n) is 7.77. The quantitative estimate of drug-likeness (QED) is 0.795. The number of carbonyl (C=O) groups is 1. The van der Waals surface area contributed by atoms with Crippen LogP contribution in [-0.4, -0.2) is 27.9 Å². The highest BCUT2D eigenvalue weighted by atomic mass is 32.2. The average Bonchev–Trinajstić information content (AvgIpc) is 2.51. The highest BCUT2D eigenvalue weighted by Gasteiger charge is 2.11. The van der Waals surface area contributed by atoms with Crippen LogP contribution in [-0.2, 0) is 10.5 Å². The fourth-order valence-corrected chi connectivity index (χ4v) is 2.65. The number of thiazole rings is 1. The van der Waals surface area contributed by atoms with Gasteiger partial charge in [0.15, 0.2) is 0 Å². The Balaban J connectivity index is 2.25. The van der Waals surface area contributed by atoms with E-state index in [0.29, 0.717) is 5.75 Å². The monoisotopic (exact) mass is 232 g/mol. The molecule has 1 heterocycles. The molecular formula is C8H12N2O2S2. The van der Waals surface area contributed by atoms with Crippen LogP contribution in [0.4, 0.5) is 0 Å². The first-order valence-electron chi connectivity index (χ1n) is 4.06. The molecule has 0 radical (unpaired) electrons. The van der Waals surface area contributed by atoms with Gasteiger partial charge in [-0.05, 0) is 6.92 Å². The number of hydrogen-bond acceptors (Lipinski definition) is 5. The summed E-state index contributed by atoms with van der Waals surface area (Å²) >= 11 is 3.09. The molecule has 0 saturated heterocycles. The van der Waals surface area contributed by atoms with Gasteiger partial charge < -0.3 is 10.8 Å². The number of thioether (sulfide) groups is 1. The Labute approximate surface area is 90.5 Å². The molecule has 0 aliphatic heterocycles. The van der Waals surface area contributed by atoms with Crippen molar-refractivity contribution in [2.24, 2.45) is 5.73 Å². The zero-order valence-corrected chi connectivity index (χ0v) is 9.40. The van der Waals surface area contributed by atoms with Gasteiger partial charge in [-0.2, -0.15) is 11.8 Å². The molecule has 0 aliphatic rings. The number of aryl methyl sites for hydroxylation is 1. The van der Waals surface area contributed by atoms with E-state index in [2.05, 4.69) is 4.98 Å². The van der Waals surface area contributed by atoms with Crippen molar-refractivity contribution in [3.05, 3.63) is 16.1 Å². The van der Waals surface area contributed by atoms with Crippen molar-refractivity contribution in [1.29, 1.82) is 0 Å². The summed E-state index contributed by atoms with van der Waals surface area (Å²) in [4.78, 5) is 14.7. The minimum absolute atomic E-state index is 0.425. The molecule has 1 atom stereocenters. The highest BCUT2D eigenvalue weighted by Crippen LogP contribution is 2.16. The van der Waals surface area contributed by atoms with E-state index in [-0.39, 0.29) is 0 Å². The van der Waals surface area contributed by atoms with E-state index in [1.807, 2.05) is 12.3 Å². The van der Waals surface area contributed by atoms with Crippen LogP contribution in [0.25, 0.3) is 0 Å². The van der Waals surface area contributed by atoms with E-state index in [9.17, 15) is 4.79 Å². The molecule has 3 N–H and O–H groups in total. The van der Waals surface area contributed by atoms with Gasteiger partial charge in [-0.1, -0.05) is 0 Å². The Bertz CT molecular complexity index is 314. The summed E-state index contributed by atoms with van der Waals surface area (Å²) in [5.41, 5.74) is 6.36. The number of hydrogen-bond donors (Lipinski definition) is 2. The van der Waals surface area contributed by atoms with Crippen LogP contribution in [0.15, 0.2) is 5.38 Å². The van der Waals surface area contributed by atoms with Crippen LogP contribution >= 0.6 is 23.1 Å². The predicted octanol–water partition coefficient (Wildman–Crippen LogP) is 1.10. The number of carboxylic acids is 1. The van der Waals surface area contributed by atoms with Crippen molar-refractivity contribution in [1.82, 2.24) is 4.98 Å². The summed E-state index contributed by atoms with van der Waals surface area (Å²) in [5, 5.41) is 11.5. The standard InChI is InChI=1S/C8H12N2O2S2/c1-5-2-14-7(10-5)4-13-3-6(9)8(11)12/h2,6H,3-4,9H2,1H3,(H,11,12)/t6-/m0/s1.